The van der Waals surface area contributed by atoms with Crippen molar-refractivity contribution in [2.45, 2.75) is 38.6 Å². The lowest BCUT2D eigenvalue weighted by Crippen LogP contribution is -2.43. The van der Waals surface area contributed by atoms with Gasteiger partial charge in [-0.3, -0.25) is 14.7 Å². The fourth-order valence-corrected chi connectivity index (χ4v) is 2.84. The van der Waals surface area contributed by atoms with Crippen LogP contribution in [-0.4, -0.2) is 34.2 Å². The molecule has 3 N–H and O–H groups in total. The summed E-state index contributed by atoms with van der Waals surface area (Å²) >= 11 is 0. The molecule has 0 saturated carbocycles. The highest BCUT2D eigenvalue weighted by Crippen LogP contribution is 2.36. The summed E-state index contributed by atoms with van der Waals surface area (Å²) in [6.45, 7) is 5.73. The van der Waals surface area contributed by atoms with E-state index in [-0.39, 0.29) is 29.9 Å². The molecule has 132 valence electrons. The maximum absolute atomic E-state index is 11.8. The molecule has 25 heavy (non-hydrogen) atoms. The Hall–Kier alpha value is -2.83. The third kappa shape index (κ3) is 4.17. The third-order valence-electron chi connectivity index (χ3n) is 3.86. The number of hydrogen-bond donors (Lipinski definition) is 3. The second-order valence-electron chi connectivity index (χ2n) is 7.16. The fourth-order valence-electron chi connectivity index (χ4n) is 2.84. The van der Waals surface area contributed by atoms with Gasteiger partial charge in [-0.2, -0.15) is 5.10 Å². The number of fused-ring (bicyclic) bond motifs is 1. The highest BCUT2D eigenvalue weighted by atomic mass is 16.5. The maximum Gasteiger partial charge on any atom is 0.258 e. The molecule has 7 heteroatoms. The van der Waals surface area contributed by atoms with Crippen molar-refractivity contribution in [3.8, 4) is 5.75 Å². The first kappa shape index (κ1) is 17.0. The summed E-state index contributed by atoms with van der Waals surface area (Å²) in [7, 11) is 0. The molecule has 0 saturated heterocycles. The zero-order chi connectivity index (χ0) is 18.0. The molecule has 0 radical (unpaired) electrons. The van der Waals surface area contributed by atoms with Gasteiger partial charge in [0, 0.05) is 23.4 Å². The van der Waals surface area contributed by atoms with Gasteiger partial charge in [0.25, 0.3) is 5.91 Å². The number of rotatable bonds is 4. The molecule has 1 aliphatic rings. The Morgan fingerprint density at radius 1 is 1.32 bits per heavy atom. The molecule has 2 heterocycles. The Morgan fingerprint density at radius 2 is 2.04 bits per heavy atom. The molecular formula is C18H22N4O3. The SMILES string of the molecule is CC(C)(C)NC(=O)COc1ccc([C@@H]2CC(=O)Nc3[nH]ncc32)cc1. The predicted molar refractivity (Wildman–Crippen MR) is 93.5 cm³/mol. The van der Waals surface area contributed by atoms with E-state index in [1.54, 1.807) is 6.20 Å². The summed E-state index contributed by atoms with van der Waals surface area (Å²) in [4.78, 5) is 23.6. The number of hydrogen-bond acceptors (Lipinski definition) is 4. The summed E-state index contributed by atoms with van der Waals surface area (Å²) in [6, 6.07) is 7.45. The minimum absolute atomic E-state index is 0.0334. The lowest BCUT2D eigenvalue weighted by Gasteiger charge is -2.22. The Bertz CT molecular complexity index is 774. The first-order valence-electron chi connectivity index (χ1n) is 8.19. The first-order chi connectivity index (χ1) is 11.8. The van der Waals surface area contributed by atoms with Crippen molar-refractivity contribution in [1.82, 2.24) is 15.5 Å². The standard InChI is InChI=1S/C18H22N4O3/c1-18(2,3)21-16(24)10-25-12-6-4-11(5-7-12)13-8-15(23)20-17-14(13)9-19-22-17/h4-7,9,13H,8,10H2,1-3H3,(H,21,24)(H2,19,20,22,23)/t13-/m0/s1. The fraction of sp³-hybridized carbons (Fsp3) is 0.389. The van der Waals surface area contributed by atoms with Crippen LogP contribution in [0.1, 0.15) is 44.2 Å². The number of anilines is 1. The Morgan fingerprint density at radius 3 is 2.72 bits per heavy atom. The Kier molecular flexibility index (Phi) is 4.48. The molecule has 0 fully saturated rings. The van der Waals surface area contributed by atoms with E-state index >= 15 is 0 Å². The zero-order valence-electron chi connectivity index (χ0n) is 14.6. The number of amides is 2. The Labute approximate surface area is 146 Å². The minimum Gasteiger partial charge on any atom is -0.484 e. The van der Waals surface area contributed by atoms with Crippen LogP contribution < -0.4 is 15.4 Å². The van der Waals surface area contributed by atoms with Crippen LogP contribution in [0.3, 0.4) is 0 Å². The molecule has 1 aliphatic heterocycles. The molecule has 0 spiro atoms. The van der Waals surface area contributed by atoms with Gasteiger partial charge in [0.05, 0.1) is 6.20 Å². The summed E-state index contributed by atoms with van der Waals surface area (Å²) in [5.41, 5.74) is 1.69. The monoisotopic (exact) mass is 342 g/mol. The molecule has 0 unspecified atom stereocenters. The van der Waals surface area contributed by atoms with Crippen LogP contribution in [0.2, 0.25) is 0 Å². The number of ether oxygens (including phenoxy) is 1. The highest BCUT2D eigenvalue weighted by molar-refractivity contribution is 5.94. The number of carbonyl (C=O) groups excluding carboxylic acids is 2. The van der Waals surface area contributed by atoms with Gasteiger partial charge in [-0.25, -0.2) is 0 Å². The molecular weight excluding hydrogens is 320 g/mol. The molecule has 0 aliphatic carbocycles. The van der Waals surface area contributed by atoms with Crippen LogP contribution in [0, 0.1) is 0 Å². The van der Waals surface area contributed by atoms with E-state index in [0.717, 1.165) is 11.1 Å². The van der Waals surface area contributed by atoms with Crippen molar-refractivity contribution in [2.75, 3.05) is 11.9 Å². The summed E-state index contributed by atoms with van der Waals surface area (Å²) in [5.74, 6) is 1.02. The van der Waals surface area contributed by atoms with Gasteiger partial charge in [-0.05, 0) is 38.5 Å². The van der Waals surface area contributed by atoms with Crippen molar-refractivity contribution in [2.24, 2.45) is 0 Å². The summed E-state index contributed by atoms with van der Waals surface area (Å²) in [6.07, 6.45) is 2.11. The van der Waals surface area contributed by atoms with Crippen molar-refractivity contribution in [3.05, 3.63) is 41.6 Å². The molecule has 0 bridgehead atoms. The number of carbonyl (C=O) groups is 2. The quantitative estimate of drug-likeness (QED) is 0.793. The average Bonchev–Trinajstić information content (AvgIpc) is 2.99. The molecule has 1 atom stereocenters. The summed E-state index contributed by atoms with van der Waals surface area (Å²) in [5, 5.41) is 12.4. The molecule has 2 amide bonds. The van der Waals surface area contributed by atoms with E-state index in [1.807, 2.05) is 45.0 Å². The van der Waals surface area contributed by atoms with Crippen LogP contribution in [0.25, 0.3) is 0 Å². The summed E-state index contributed by atoms with van der Waals surface area (Å²) < 4.78 is 5.52. The number of nitrogens with one attached hydrogen (secondary N) is 3. The topological polar surface area (TPSA) is 96.1 Å². The van der Waals surface area contributed by atoms with Gasteiger partial charge in [0.1, 0.15) is 11.6 Å². The molecule has 2 aromatic rings. The molecule has 7 nitrogen and oxygen atoms in total. The van der Waals surface area contributed by atoms with Gasteiger partial charge < -0.3 is 15.4 Å². The number of H-pyrrole nitrogens is 1. The van der Waals surface area contributed by atoms with Crippen LogP contribution in [0.5, 0.6) is 5.75 Å². The average molecular weight is 342 g/mol. The van der Waals surface area contributed by atoms with E-state index in [0.29, 0.717) is 18.0 Å². The van der Waals surface area contributed by atoms with Gasteiger partial charge >= 0.3 is 0 Å². The molecule has 3 rings (SSSR count). The smallest absolute Gasteiger partial charge is 0.258 e. The predicted octanol–water partition coefficient (Wildman–Crippen LogP) is 2.18. The lowest BCUT2D eigenvalue weighted by atomic mass is 9.87. The first-order valence-corrected chi connectivity index (χ1v) is 8.19. The Balaban J connectivity index is 1.65. The van der Waals surface area contributed by atoms with Gasteiger partial charge in [-0.15, -0.1) is 0 Å². The minimum atomic E-state index is -0.284. The van der Waals surface area contributed by atoms with Gasteiger partial charge in [-0.1, -0.05) is 12.1 Å². The van der Waals surface area contributed by atoms with Crippen LogP contribution in [0.4, 0.5) is 5.82 Å². The lowest BCUT2D eigenvalue weighted by molar-refractivity contribution is -0.124. The zero-order valence-corrected chi connectivity index (χ0v) is 14.6. The second kappa shape index (κ2) is 6.58. The van der Waals surface area contributed by atoms with Crippen LogP contribution in [0.15, 0.2) is 30.5 Å². The van der Waals surface area contributed by atoms with Crippen molar-refractivity contribution >= 4 is 17.6 Å². The van der Waals surface area contributed by atoms with E-state index in [1.165, 1.54) is 0 Å². The number of aromatic amines is 1. The maximum atomic E-state index is 11.8. The number of nitrogens with zero attached hydrogens (tertiary/aromatic N) is 1. The normalized spacial score (nSPS) is 16.8. The number of aromatic nitrogens is 2. The van der Waals surface area contributed by atoms with E-state index < -0.39 is 0 Å². The van der Waals surface area contributed by atoms with Crippen LogP contribution >= 0.6 is 0 Å². The largest absolute Gasteiger partial charge is 0.484 e. The van der Waals surface area contributed by atoms with E-state index in [4.69, 9.17) is 4.74 Å². The highest BCUT2D eigenvalue weighted by Gasteiger charge is 2.28. The van der Waals surface area contributed by atoms with Crippen LogP contribution in [-0.2, 0) is 9.59 Å². The van der Waals surface area contributed by atoms with Gasteiger partial charge in [0.15, 0.2) is 6.61 Å². The van der Waals surface area contributed by atoms with E-state index in [9.17, 15) is 9.59 Å². The molecule has 1 aromatic carbocycles. The second-order valence-corrected chi connectivity index (χ2v) is 7.16. The number of benzene rings is 1. The van der Waals surface area contributed by atoms with Crippen molar-refractivity contribution in [3.63, 3.8) is 0 Å². The molecule has 1 aromatic heterocycles. The van der Waals surface area contributed by atoms with Crippen molar-refractivity contribution in [1.29, 1.82) is 0 Å². The third-order valence-corrected chi connectivity index (χ3v) is 3.86. The van der Waals surface area contributed by atoms with E-state index in [2.05, 4.69) is 20.8 Å². The van der Waals surface area contributed by atoms with Crippen molar-refractivity contribution < 1.29 is 14.3 Å². The van der Waals surface area contributed by atoms with Gasteiger partial charge in [0.2, 0.25) is 5.91 Å².